The number of hydrogen-bond acceptors (Lipinski definition) is 7. The van der Waals surface area contributed by atoms with Crippen molar-refractivity contribution in [2.24, 2.45) is 11.8 Å². The van der Waals surface area contributed by atoms with Crippen LogP contribution in [-0.2, 0) is 27.8 Å². The number of aliphatic hydroxyl groups excluding tert-OH is 1. The molecule has 0 aromatic carbocycles. The molecule has 0 amide bonds. The molecule has 166 valence electrons. The summed E-state index contributed by atoms with van der Waals surface area (Å²) >= 11 is 0. The number of phosphoric ester groups is 1. The highest BCUT2D eigenvalue weighted by Gasteiger charge is 2.44. The topological polar surface area (TPSA) is 104 Å². The second-order valence-electron chi connectivity index (χ2n) is 8.60. The quantitative estimate of drug-likeness (QED) is 0.516. The van der Waals surface area contributed by atoms with Crippen molar-refractivity contribution in [1.82, 2.24) is 0 Å². The molecule has 2 N–H and O–H groups in total. The van der Waals surface area contributed by atoms with Gasteiger partial charge >= 0.3 is 7.82 Å². The number of rotatable bonds is 10. The monoisotopic (exact) mass is 424 g/mol. The lowest BCUT2D eigenvalue weighted by Gasteiger charge is -2.26. The van der Waals surface area contributed by atoms with Crippen LogP contribution in [-0.4, -0.2) is 65.9 Å². The first kappa shape index (κ1) is 24.2. The van der Waals surface area contributed by atoms with E-state index in [-0.39, 0.29) is 49.5 Å². The molecule has 1 aliphatic heterocycles. The van der Waals surface area contributed by atoms with E-state index < -0.39 is 26.1 Å². The molecule has 0 radical (unpaired) electrons. The van der Waals surface area contributed by atoms with Crippen LogP contribution in [0.25, 0.3) is 0 Å². The zero-order valence-electron chi connectivity index (χ0n) is 17.8. The van der Waals surface area contributed by atoms with Gasteiger partial charge in [0.25, 0.3) is 0 Å². The van der Waals surface area contributed by atoms with Crippen LogP contribution in [0.5, 0.6) is 0 Å². The van der Waals surface area contributed by atoms with Crippen LogP contribution < -0.4 is 0 Å². The van der Waals surface area contributed by atoms with E-state index in [2.05, 4.69) is 0 Å². The number of hydrogen-bond donors (Lipinski definition) is 2. The van der Waals surface area contributed by atoms with Crippen LogP contribution in [0, 0.1) is 11.8 Å². The van der Waals surface area contributed by atoms with E-state index in [0.29, 0.717) is 12.8 Å². The van der Waals surface area contributed by atoms with E-state index in [0.717, 1.165) is 0 Å². The molecule has 0 aromatic rings. The molecule has 4 unspecified atom stereocenters. The van der Waals surface area contributed by atoms with Crippen LogP contribution in [0.3, 0.4) is 0 Å². The Labute approximate surface area is 168 Å². The average Bonchev–Trinajstić information content (AvgIpc) is 3.02. The lowest BCUT2D eigenvalue weighted by atomic mass is 10.0. The summed E-state index contributed by atoms with van der Waals surface area (Å²) in [6.07, 6.45) is -0.753. The SMILES string of the molecule is CC(C)OC[C@H]1O[C@@H](C)CC1OP(=O)(O)OC[C@@H]1C(OC(C)C)C[C@H](C)C1O. The number of ether oxygens (including phenoxy) is 3. The zero-order valence-corrected chi connectivity index (χ0v) is 18.7. The predicted molar refractivity (Wildman–Crippen MR) is 104 cm³/mol. The van der Waals surface area contributed by atoms with Gasteiger partial charge in [0, 0.05) is 12.3 Å². The molecule has 1 saturated carbocycles. The van der Waals surface area contributed by atoms with E-state index in [1.807, 2.05) is 41.5 Å². The molecule has 0 aromatic heterocycles. The van der Waals surface area contributed by atoms with Gasteiger partial charge in [-0.25, -0.2) is 4.57 Å². The molecule has 8 nitrogen and oxygen atoms in total. The van der Waals surface area contributed by atoms with Crippen LogP contribution in [0.2, 0.25) is 0 Å². The standard InChI is InChI=1S/C19H37O8P/c1-11(2)23-10-18-17(8-14(6)26-18)27-28(21,22)24-9-15-16(25-12(3)4)7-13(5)19(15)20/h11-20H,7-10H2,1-6H3,(H,21,22)/t13-,14-,15+,16?,17?,18+,19?/m0/s1. The third-order valence-corrected chi connectivity index (χ3v) is 6.24. The maximum absolute atomic E-state index is 12.5. The van der Waals surface area contributed by atoms with E-state index in [1.54, 1.807) is 0 Å². The van der Waals surface area contributed by atoms with E-state index in [1.165, 1.54) is 0 Å². The fraction of sp³-hybridized carbons (Fsp3) is 1.00. The fourth-order valence-corrected chi connectivity index (χ4v) is 4.87. The molecule has 1 saturated heterocycles. The van der Waals surface area contributed by atoms with Crippen LogP contribution >= 0.6 is 7.82 Å². The lowest BCUT2D eigenvalue weighted by molar-refractivity contribution is -0.0615. The van der Waals surface area contributed by atoms with E-state index in [9.17, 15) is 14.6 Å². The first-order valence-electron chi connectivity index (χ1n) is 10.2. The molecular weight excluding hydrogens is 387 g/mol. The van der Waals surface area contributed by atoms with Gasteiger partial charge in [-0.15, -0.1) is 0 Å². The molecule has 9 heteroatoms. The van der Waals surface area contributed by atoms with Crippen molar-refractivity contribution in [3.05, 3.63) is 0 Å². The molecule has 1 aliphatic carbocycles. The summed E-state index contributed by atoms with van der Waals surface area (Å²) in [5, 5.41) is 10.4. The molecule has 0 spiro atoms. The van der Waals surface area contributed by atoms with Gasteiger partial charge in [-0.05, 0) is 47.0 Å². The molecule has 2 fully saturated rings. The summed E-state index contributed by atoms with van der Waals surface area (Å²) in [5.41, 5.74) is 0. The van der Waals surface area contributed by atoms with Crippen molar-refractivity contribution in [3.63, 3.8) is 0 Å². The van der Waals surface area contributed by atoms with Crippen molar-refractivity contribution >= 4 is 7.82 Å². The normalized spacial score (nSPS) is 38.4. The summed E-state index contributed by atoms with van der Waals surface area (Å²) in [7, 11) is -4.31. The second-order valence-corrected chi connectivity index (χ2v) is 10.0. The van der Waals surface area contributed by atoms with Gasteiger partial charge in [0.15, 0.2) is 0 Å². The first-order chi connectivity index (χ1) is 13.0. The van der Waals surface area contributed by atoms with Gasteiger partial charge in [-0.3, -0.25) is 9.05 Å². The highest BCUT2D eigenvalue weighted by molar-refractivity contribution is 7.47. The van der Waals surface area contributed by atoms with Crippen molar-refractivity contribution in [2.45, 2.75) is 97.1 Å². The Kier molecular flexibility index (Phi) is 8.92. The van der Waals surface area contributed by atoms with Crippen molar-refractivity contribution in [2.75, 3.05) is 13.2 Å². The molecule has 0 bridgehead atoms. The average molecular weight is 424 g/mol. The van der Waals surface area contributed by atoms with E-state index in [4.69, 9.17) is 23.3 Å². The van der Waals surface area contributed by atoms with E-state index >= 15 is 0 Å². The highest BCUT2D eigenvalue weighted by Crippen LogP contribution is 2.49. The summed E-state index contributed by atoms with van der Waals surface area (Å²) in [4.78, 5) is 10.2. The van der Waals surface area contributed by atoms with Crippen molar-refractivity contribution in [1.29, 1.82) is 0 Å². The molecule has 2 rings (SSSR count). The Morgan fingerprint density at radius 2 is 1.75 bits per heavy atom. The van der Waals surface area contributed by atoms with Crippen molar-refractivity contribution in [3.8, 4) is 0 Å². The van der Waals surface area contributed by atoms with Gasteiger partial charge in [0.1, 0.15) is 12.2 Å². The third kappa shape index (κ3) is 7.03. The van der Waals surface area contributed by atoms with Crippen LogP contribution in [0.4, 0.5) is 0 Å². The smallest absolute Gasteiger partial charge is 0.392 e. The highest BCUT2D eigenvalue weighted by atomic mass is 31.2. The van der Waals surface area contributed by atoms with Gasteiger partial charge in [-0.1, -0.05) is 6.92 Å². The van der Waals surface area contributed by atoms with Crippen LogP contribution in [0.15, 0.2) is 0 Å². The Hall–Kier alpha value is -0.0500. The molecular formula is C19H37O8P. The third-order valence-electron chi connectivity index (χ3n) is 5.23. The van der Waals surface area contributed by atoms with Gasteiger partial charge in [0.2, 0.25) is 0 Å². The molecule has 28 heavy (non-hydrogen) atoms. The summed E-state index contributed by atoms with van der Waals surface area (Å²) in [6.45, 7) is 11.7. The first-order valence-corrected chi connectivity index (χ1v) is 11.7. The Morgan fingerprint density at radius 1 is 1.07 bits per heavy atom. The van der Waals surface area contributed by atoms with Crippen LogP contribution in [0.1, 0.15) is 54.4 Å². The molecule has 8 atom stereocenters. The fourth-order valence-electron chi connectivity index (χ4n) is 3.88. The summed E-state index contributed by atoms with van der Waals surface area (Å²) < 4.78 is 40.4. The Balaban J connectivity index is 1.92. The minimum absolute atomic E-state index is 0.000946. The van der Waals surface area contributed by atoms with Gasteiger partial charge in [-0.2, -0.15) is 0 Å². The summed E-state index contributed by atoms with van der Waals surface area (Å²) in [6, 6.07) is 0. The maximum atomic E-state index is 12.5. The molecule has 1 heterocycles. The minimum Gasteiger partial charge on any atom is -0.392 e. The Morgan fingerprint density at radius 3 is 2.36 bits per heavy atom. The minimum atomic E-state index is -4.31. The van der Waals surface area contributed by atoms with Gasteiger partial charge in [0.05, 0.1) is 43.7 Å². The van der Waals surface area contributed by atoms with Crippen molar-refractivity contribution < 1.29 is 37.8 Å². The number of aliphatic hydroxyl groups is 1. The predicted octanol–water partition coefficient (Wildman–Crippen LogP) is 2.90. The maximum Gasteiger partial charge on any atom is 0.472 e. The summed E-state index contributed by atoms with van der Waals surface area (Å²) in [5.74, 6) is -0.335. The number of phosphoric acid groups is 1. The second kappa shape index (κ2) is 10.3. The lowest BCUT2D eigenvalue weighted by Crippen LogP contribution is -2.33. The van der Waals surface area contributed by atoms with Gasteiger partial charge < -0.3 is 24.2 Å². The zero-order chi connectivity index (χ0) is 21.1. The largest absolute Gasteiger partial charge is 0.472 e. The Bertz CT molecular complexity index is 526. The molecule has 2 aliphatic rings.